The van der Waals surface area contributed by atoms with Gasteiger partial charge in [-0.15, -0.1) is 0 Å². The van der Waals surface area contributed by atoms with Gasteiger partial charge in [0.2, 0.25) is 0 Å². The predicted octanol–water partition coefficient (Wildman–Crippen LogP) is 4.50. The number of ether oxygens (including phenoxy) is 1. The molecule has 0 fully saturated rings. The molecule has 2 nitrogen and oxygen atoms in total. The predicted molar refractivity (Wildman–Crippen MR) is 81.8 cm³/mol. The highest BCUT2D eigenvalue weighted by Crippen LogP contribution is 2.23. The number of carbonyl (C=O) groups excluding carboxylic acids is 1. The van der Waals surface area contributed by atoms with Crippen LogP contribution in [0.1, 0.15) is 11.1 Å². The molecule has 0 saturated carbocycles. The summed E-state index contributed by atoms with van der Waals surface area (Å²) in [4.78, 5) is 12.1. The van der Waals surface area contributed by atoms with Crippen molar-refractivity contribution in [2.24, 2.45) is 0 Å². The van der Waals surface area contributed by atoms with Crippen LogP contribution in [0.25, 0.3) is 0 Å². The third-order valence-electron chi connectivity index (χ3n) is 3.05. The van der Waals surface area contributed by atoms with Gasteiger partial charge >= 0.3 is 0 Å². The highest BCUT2D eigenvalue weighted by Gasteiger charge is 2.13. The van der Waals surface area contributed by atoms with Gasteiger partial charge in [-0.25, -0.2) is 4.39 Å². The van der Waals surface area contributed by atoms with Crippen LogP contribution in [0, 0.1) is 5.82 Å². The van der Waals surface area contributed by atoms with Gasteiger partial charge in [-0.3, -0.25) is 4.79 Å². The highest BCUT2D eigenvalue weighted by molar-refractivity contribution is 6.35. The minimum Gasteiger partial charge on any atom is -0.494 e. The molecular formula is C16H13Cl2FO2. The number of ketones is 1. The number of Topliss-reactive ketones (excluding diaryl/α,β-unsaturated/α-hetero) is 1. The Morgan fingerprint density at radius 3 is 2.52 bits per heavy atom. The molecule has 0 spiro atoms. The molecule has 0 aliphatic carbocycles. The van der Waals surface area contributed by atoms with Gasteiger partial charge in [0.15, 0.2) is 11.6 Å². The average Bonchev–Trinajstić information content (AvgIpc) is 2.44. The Kier molecular flexibility index (Phi) is 5.21. The highest BCUT2D eigenvalue weighted by atomic mass is 35.5. The van der Waals surface area contributed by atoms with Crippen LogP contribution in [0.4, 0.5) is 4.39 Å². The minimum atomic E-state index is -0.504. The van der Waals surface area contributed by atoms with Crippen molar-refractivity contribution < 1.29 is 13.9 Å². The van der Waals surface area contributed by atoms with E-state index in [1.807, 2.05) is 0 Å². The van der Waals surface area contributed by atoms with E-state index in [-0.39, 0.29) is 24.4 Å². The van der Waals surface area contributed by atoms with E-state index < -0.39 is 5.82 Å². The molecule has 0 aromatic heterocycles. The summed E-state index contributed by atoms with van der Waals surface area (Å²) in [6, 6.07) is 9.68. The minimum absolute atomic E-state index is 0.0119. The number of rotatable bonds is 5. The maximum Gasteiger partial charge on any atom is 0.168 e. The Hall–Kier alpha value is -1.58. The summed E-state index contributed by atoms with van der Waals surface area (Å²) in [6.45, 7) is 0. The third kappa shape index (κ3) is 3.96. The van der Waals surface area contributed by atoms with Crippen LogP contribution in [0.3, 0.4) is 0 Å². The SMILES string of the molecule is COc1cccc(CC(=O)Cc2ccc(Cl)cc2Cl)c1F. The summed E-state index contributed by atoms with van der Waals surface area (Å²) < 4.78 is 18.9. The fraction of sp³-hybridized carbons (Fsp3) is 0.188. The molecule has 21 heavy (non-hydrogen) atoms. The molecule has 0 N–H and O–H groups in total. The van der Waals surface area contributed by atoms with Crippen LogP contribution >= 0.6 is 23.2 Å². The number of halogens is 3. The van der Waals surface area contributed by atoms with E-state index in [1.54, 1.807) is 30.3 Å². The quantitative estimate of drug-likeness (QED) is 0.808. The zero-order valence-electron chi connectivity index (χ0n) is 11.3. The Labute approximate surface area is 132 Å². The molecule has 0 amide bonds. The molecule has 0 radical (unpaired) electrons. The topological polar surface area (TPSA) is 26.3 Å². The molecule has 0 bridgehead atoms. The van der Waals surface area contributed by atoms with Crippen molar-refractivity contribution in [3.8, 4) is 5.75 Å². The maximum absolute atomic E-state index is 14.0. The normalized spacial score (nSPS) is 10.5. The molecule has 5 heteroatoms. The second kappa shape index (κ2) is 6.92. The van der Waals surface area contributed by atoms with Gasteiger partial charge in [-0.2, -0.15) is 0 Å². The molecular weight excluding hydrogens is 314 g/mol. The van der Waals surface area contributed by atoms with Crippen LogP contribution in [0.5, 0.6) is 5.75 Å². The fourth-order valence-corrected chi connectivity index (χ4v) is 2.48. The number of methoxy groups -OCH3 is 1. The van der Waals surface area contributed by atoms with E-state index in [9.17, 15) is 9.18 Å². The monoisotopic (exact) mass is 326 g/mol. The largest absolute Gasteiger partial charge is 0.494 e. The lowest BCUT2D eigenvalue weighted by Gasteiger charge is -2.08. The van der Waals surface area contributed by atoms with Crippen molar-refractivity contribution in [2.75, 3.05) is 7.11 Å². The standard InChI is InChI=1S/C16H13Cl2FO2/c1-21-15-4-2-3-11(16(15)19)8-13(20)7-10-5-6-12(17)9-14(10)18/h2-6,9H,7-8H2,1H3. The van der Waals surface area contributed by atoms with E-state index in [0.717, 1.165) is 0 Å². The first-order valence-electron chi connectivity index (χ1n) is 6.28. The van der Waals surface area contributed by atoms with Crippen molar-refractivity contribution in [2.45, 2.75) is 12.8 Å². The van der Waals surface area contributed by atoms with Crippen molar-refractivity contribution in [3.05, 3.63) is 63.4 Å². The van der Waals surface area contributed by atoms with Gasteiger partial charge in [-0.1, -0.05) is 41.4 Å². The smallest absolute Gasteiger partial charge is 0.168 e. The van der Waals surface area contributed by atoms with Gasteiger partial charge in [-0.05, 0) is 29.3 Å². The van der Waals surface area contributed by atoms with Crippen LogP contribution in [-0.2, 0) is 17.6 Å². The Balaban J connectivity index is 2.12. The van der Waals surface area contributed by atoms with Gasteiger partial charge in [0.05, 0.1) is 7.11 Å². The summed E-state index contributed by atoms with van der Waals surface area (Å²) in [7, 11) is 1.39. The van der Waals surface area contributed by atoms with Gasteiger partial charge in [0.25, 0.3) is 0 Å². The van der Waals surface area contributed by atoms with Crippen molar-refractivity contribution in [1.82, 2.24) is 0 Å². The van der Waals surface area contributed by atoms with Crippen molar-refractivity contribution in [1.29, 1.82) is 0 Å². The van der Waals surface area contributed by atoms with Gasteiger partial charge < -0.3 is 4.74 Å². The van der Waals surface area contributed by atoms with Crippen LogP contribution in [0.15, 0.2) is 36.4 Å². The molecule has 0 atom stereocenters. The summed E-state index contributed by atoms with van der Waals surface area (Å²) in [5, 5.41) is 0.942. The summed E-state index contributed by atoms with van der Waals surface area (Å²) >= 11 is 11.8. The van der Waals surface area contributed by atoms with E-state index in [4.69, 9.17) is 27.9 Å². The molecule has 2 rings (SSSR count). The molecule has 0 heterocycles. The van der Waals surface area contributed by atoms with Crippen LogP contribution in [-0.4, -0.2) is 12.9 Å². The molecule has 110 valence electrons. The first-order valence-corrected chi connectivity index (χ1v) is 7.04. The first kappa shape index (κ1) is 15.8. The lowest BCUT2D eigenvalue weighted by molar-refractivity contribution is -0.117. The average molecular weight is 327 g/mol. The molecule has 0 aliphatic rings. The molecule has 0 unspecified atom stereocenters. The summed E-state index contributed by atoms with van der Waals surface area (Å²) in [5.41, 5.74) is 0.985. The summed E-state index contributed by atoms with van der Waals surface area (Å²) in [5.74, 6) is -0.508. The van der Waals surface area contributed by atoms with Crippen LogP contribution < -0.4 is 4.74 Å². The second-order valence-electron chi connectivity index (χ2n) is 4.56. The molecule has 0 aliphatic heterocycles. The Morgan fingerprint density at radius 1 is 1.14 bits per heavy atom. The lowest BCUT2D eigenvalue weighted by atomic mass is 10.0. The maximum atomic E-state index is 14.0. The third-order valence-corrected chi connectivity index (χ3v) is 3.64. The zero-order valence-corrected chi connectivity index (χ0v) is 12.8. The molecule has 2 aromatic rings. The Morgan fingerprint density at radius 2 is 1.86 bits per heavy atom. The van der Waals surface area contributed by atoms with Crippen molar-refractivity contribution >= 4 is 29.0 Å². The molecule has 2 aromatic carbocycles. The van der Waals surface area contributed by atoms with Crippen LogP contribution in [0.2, 0.25) is 10.0 Å². The fourth-order valence-electron chi connectivity index (χ4n) is 2.00. The molecule has 0 saturated heterocycles. The first-order chi connectivity index (χ1) is 10.0. The zero-order chi connectivity index (χ0) is 15.4. The van der Waals surface area contributed by atoms with Gasteiger partial charge in [0, 0.05) is 22.9 Å². The van der Waals surface area contributed by atoms with E-state index in [1.165, 1.54) is 13.2 Å². The Bertz CT molecular complexity index is 671. The number of hydrogen-bond donors (Lipinski definition) is 0. The van der Waals surface area contributed by atoms with E-state index in [0.29, 0.717) is 21.2 Å². The summed E-state index contributed by atoms with van der Waals surface area (Å²) in [6.07, 6.45) is 0.120. The van der Waals surface area contributed by atoms with Gasteiger partial charge in [0.1, 0.15) is 5.78 Å². The second-order valence-corrected chi connectivity index (χ2v) is 5.40. The van der Waals surface area contributed by atoms with Crippen molar-refractivity contribution in [3.63, 3.8) is 0 Å². The number of benzene rings is 2. The number of hydrogen-bond acceptors (Lipinski definition) is 2. The lowest BCUT2D eigenvalue weighted by Crippen LogP contribution is -2.09. The number of carbonyl (C=O) groups is 1. The van der Waals surface area contributed by atoms with E-state index in [2.05, 4.69) is 0 Å². The van der Waals surface area contributed by atoms with E-state index >= 15 is 0 Å².